The van der Waals surface area contributed by atoms with E-state index < -0.39 is 4.92 Å². The van der Waals surface area contributed by atoms with E-state index in [-0.39, 0.29) is 11.6 Å². The van der Waals surface area contributed by atoms with Crippen molar-refractivity contribution in [1.29, 1.82) is 0 Å². The van der Waals surface area contributed by atoms with Crippen LogP contribution in [0.3, 0.4) is 0 Å². The minimum atomic E-state index is -0.477. The average Bonchev–Trinajstić information content (AvgIpc) is 2.69. The van der Waals surface area contributed by atoms with E-state index in [4.69, 9.17) is 9.47 Å². The summed E-state index contributed by atoms with van der Waals surface area (Å²) < 4.78 is 11.4. The molecule has 3 rings (SSSR count). The third-order valence-electron chi connectivity index (χ3n) is 4.81. The van der Waals surface area contributed by atoms with Gasteiger partial charge in [0, 0.05) is 29.8 Å². The van der Waals surface area contributed by atoms with Gasteiger partial charge in [-0.3, -0.25) is 14.9 Å². The molecule has 154 valence electrons. The highest BCUT2D eigenvalue weighted by Crippen LogP contribution is 2.32. The molecule has 8 heteroatoms. The summed E-state index contributed by atoms with van der Waals surface area (Å²) in [5.41, 5.74) is 2.76. The first kappa shape index (κ1) is 20.6. The van der Waals surface area contributed by atoms with Crippen LogP contribution in [-0.4, -0.2) is 37.1 Å². The van der Waals surface area contributed by atoms with Gasteiger partial charge >= 0.3 is 0 Å². The summed E-state index contributed by atoms with van der Waals surface area (Å²) in [6.07, 6.45) is 0.848. The number of nitro benzene ring substituents is 1. The molecule has 0 aliphatic carbocycles. The molecule has 2 aromatic carbocycles. The normalized spacial score (nSPS) is 15.3. The van der Waals surface area contributed by atoms with Gasteiger partial charge in [-0.15, -0.1) is 0 Å². The van der Waals surface area contributed by atoms with Crippen LogP contribution < -0.4 is 19.7 Å². The monoisotopic (exact) mass is 400 g/mol. The predicted molar refractivity (Wildman–Crippen MR) is 109 cm³/mol. The van der Waals surface area contributed by atoms with Crippen molar-refractivity contribution < 1.29 is 24.1 Å². The van der Waals surface area contributed by atoms with Crippen LogP contribution in [0.4, 0.5) is 11.4 Å². The first-order valence-electron chi connectivity index (χ1n) is 9.79. The summed E-state index contributed by atoms with van der Waals surface area (Å²) in [5, 5.41) is 13.6. The number of nitro groups is 1. The topological polar surface area (TPSA) is 95.1 Å². The number of nitrogens with zero attached hydrogens (tertiary/aromatic N) is 1. The summed E-state index contributed by atoms with van der Waals surface area (Å²) in [5.74, 6) is 1.33. The van der Waals surface area contributed by atoms with Gasteiger partial charge in [0.05, 0.1) is 24.7 Å². The molecule has 2 N–H and O–H groups in total. The lowest BCUT2D eigenvalue weighted by Gasteiger charge is -2.26. The second-order valence-electron chi connectivity index (χ2n) is 6.89. The molecule has 1 aliphatic heterocycles. The summed E-state index contributed by atoms with van der Waals surface area (Å²) in [7, 11) is 0. The minimum Gasteiger partial charge on any atom is -0.490 e. The largest absolute Gasteiger partial charge is 0.490 e. The van der Waals surface area contributed by atoms with Gasteiger partial charge in [-0.1, -0.05) is 6.07 Å². The molecule has 0 bridgehead atoms. The molecule has 2 aromatic rings. The number of anilines is 1. The number of ether oxygens (including phenoxy) is 2. The lowest BCUT2D eigenvalue weighted by Crippen LogP contribution is -3.12. The Bertz CT molecular complexity index is 900. The van der Waals surface area contributed by atoms with E-state index in [9.17, 15) is 14.9 Å². The third kappa shape index (κ3) is 5.23. The number of hydrogen-bond donors (Lipinski definition) is 2. The predicted octanol–water partition coefficient (Wildman–Crippen LogP) is 1.97. The Labute approximate surface area is 169 Å². The molecule has 29 heavy (non-hydrogen) atoms. The smallest absolute Gasteiger partial charge is 0.279 e. The lowest BCUT2D eigenvalue weighted by atomic mass is 9.98. The zero-order chi connectivity index (χ0) is 20.8. The maximum absolute atomic E-state index is 12.4. The van der Waals surface area contributed by atoms with Gasteiger partial charge in [-0.25, -0.2) is 0 Å². The SMILES string of the molecule is CCOc1cc2c(cc1OCC)C[NH+](CC(=O)Nc1cccc([N+](=O)[O-])c1)CC2. The molecule has 0 aromatic heterocycles. The molecular formula is C21H26N3O5+. The minimum absolute atomic E-state index is 0.0457. The Morgan fingerprint density at radius 3 is 2.48 bits per heavy atom. The first-order valence-corrected chi connectivity index (χ1v) is 9.79. The third-order valence-corrected chi connectivity index (χ3v) is 4.81. The van der Waals surface area contributed by atoms with Crippen molar-refractivity contribution in [2.75, 3.05) is 31.6 Å². The van der Waals surface area contributed by atoms with Crippen molar-refractivity contribution in [1.82, 2.24) is 0 Å². The van der Waals surface area contributed by atoms with Gasteiger partial charge in [0.1, 0.15) is 6.54 Å². The molecular weight excluding hydrogens is 374 g/mol. The number of carbonyl (C=O) groups excluding carboxylic acids is 1. The highest BCUT2D eigenvalue weighted by Gasteiger charge is 2.24. The summed E-state index contributed by atoms with van der Waals surface area (Å²) >= 11 is 0. The molecule has 1 aliphatic rings. The van der Waals surface area contributed by atoms with Gasteiger partial charge in [0.15, 0.2) is 18.0 Å². The van der Waals surface area contributed by atoms with Crippen LogP contribution in [0.2, 0.25) is 0 Å². The number of amides is 1. The molecule has 1 amide bonds. The Hall–Kier alpha value is -3.13. The quantitative estimate of drug-likeness (QED) is 0.522. The molecule has 1 unspecified atom stereocenters. The van der Waals surface area contributed by atoms with Crippen LogP contribution in [-0.2, 0) is 17.8 Å². The summed E-state index contributed by atoms with van der Waals surface area (Å²) in [4.78, 5) is 24.0. The number of carbonyl (C=O) groups is 1. The van der Waals surface area contributed by atoms with E-state index in [1.165, 1.54) is 17.7 Å². The van der Waals surface area contributed by atoms with Crippen LogP contribution in [0.1, 0.15) is 25.0 Å². The van der Waals surface area contributed by atoms with Crippen LogP contribution >= 0.6 is 0 Å². The summed E-state index contributed by atoms with van der Waals surface area (Å²) in [6, 6.07) is 10.0. The molecule has 0 radical (unpaired) electrons. The van der Waals surface area contributed by atoms with Gasteiger partial charge in [0.2, 0.25) is 0 Å². The first-order chi connectivity index (χ1) is 14.0. The lowest BCUT2D eigenvalue weighted by molar-refractivity contribution is -0.907. The summed E-state index contributed by atoms with van der Waals surface area (Å²) in [6.45, 7) is 6.85. The van der Waals surface area contributed by atoms with Crippen molar-refractivity contribution >= 4 is 17.3 Å². The molecule has 0 spiro atoms. The van der Waals surface area contributed by atoms with Crippen molar-refractivity contribution in [3.05, 3.63) is 57.6 Å². The maximum atomic E-state index is 12.4. The highest BCUT2D eigenvalue weighted by molar-refractivity contribution is 5.91. The molecule has 0 saturated heterocycles. The van der Waals surface area contributed by atoms with Gasteiger partial charge < -0.3 is 19.7 Å². The van der Waals surface area contributed by atoms with Gasteiger partial charge in [0.25, 0.3) is 11.6 Å². The molecule has 0 saturated carbocycles. The van der Waals surface area contributed by atoms with E-state index in [0.717, 1.165) is 34.9 Å². The Balaban J connectivity index is 1.66. The number of fused-ring (bicyclic) bond motifs is 1. The fourth-order valence-electron chi connectivity index (χ4n) is 3.53. The number of rotatable bonds is 8. The Kier molecular flexibility index (Phi) is 6.66. The van der Waals surface area contributed by atoms with Crippen molar-refractivity contribution in [3.8, 4) is 11.5 Å². The maximum Gasteiger partial charge on any atom is 0.279 e. The van der Waals surface area contributed by atoms with E-state index in [0.29, 0.717) is 32.0 Å². The molecule has 8 nitrogen and oxygen atoms in total. The number of hydrogen-bond acceptors (Lipinski definition) is 5. The zero-order valence-corrected chi connectivity index (χ0v) is 16.7. The average molecular weight is 400 g/mol. The van der Waals surface area contributed by atoms with E-state index in [1.807, 2.05) is 26.0 Å². The van der Waals surface area contributed by atoms with Crippen LogP contribution in [0.15, 0.2) is 36.4 Å². The van der Waals surface area contributed by atoms with Crippen LogP contribution in [0, 0.1) is 10.1 Å². The number of benzene rings is 2. The number of nitrogens with one attached hydrogen (secondary N) is 2. The number of quaternary nitrogens is 1. The van der Waals surface area contributed by atoms with E-state index in [1.54, 1.807) is 12.1 Å². The fraction of sp³-hybridized carbons (Fsp3) is 0.381. The molecule has 1 atom stereocenters. The molecule has 1 heterocycles. The van der Waals surface area contributed by atoms with Crippen LogP contribution in [0.5, 0.6) is 11.5 Å². The van der Waals surface area contributed by atoms with Crippen molar-refractivity contribution in [2.45, 2.75) is 26.8 Å². The zero-order valence-electron chi connectivity index (χ0n) is 16.7. The van der Waals surface area contributed by atoms with Crippen LogP contribution in [0.25, 0.3) is 0 Å². The Morgan fingerprint density at radius 2 is 1.83 bits per heavy atom. The number of non-ortho nitro benzene ring substituents is 1. The highest BCUT2D eigenvalue weighted by atomic mass is 16.6. The van der Waals surface area contributed by atoms with E-state index >= 15 is 0 Å². The van der Waals surface area contributed by atoms with Gasteiger partial charge in [-0.2, -0.15) is 0 Å². The van der Waals surface area contributed by atoms with Crippen molar-refractivity contribution in [3.63, 3.8) is 0 Å². The standard InChI is InChI=1S/C21H25N3O5/c1-3-28-19-10-15-8-9-23(13-16(15)11-20(19)29-4-2)14-21(25)22-17-6-5-7-18(12-17)24(26)27/h5-7,10-12H,3-4,8-9,13-14H2,1-2H3,(H,22,25)/p+1. The van der Waals surface area contributed by atoms with E-state index in [2.05, 4.69) is 5.32 Å². The second-order valence-corrected chi connectivity index (χ2v) is 6.89. The van der Waals surface area contributed by atoms with Crippen molar-refractivity contribution in [2.24, 2.45) is 0 Å². The van der Waals surface area contributed by atoms with Gasteiger partial charge in [-0.05, 0) is 37.6 Å². The second kappa shape index (κ2) is 9.38. The molecule has 0 fully saturated rings. The fourth-order valence-corrected chi connectivity index (χ4v) is 3.53. The Morgan fingerprint density at radius 1 is 1.14 bits per heavy atom.